The summed E-state index contributed by atoms with van der Waals surface area (Å²) in [6, 6.07) is 23.4. The Labute approximate surface area is 217 Å². The van der Waals surface area contributed by atoms with Gasteiger partial charge in [-0.1, -0.05) is 66.6 Å². The third kappa shape index (κ3) is 4.82. The molecule has 0 aromatic heterocycles. The monoisotopic (exact) mass is 493 g/mol. The molecule has 0 spiro atoms. The quantitative estimate of drug-likeness (QED) is 0.402. The van der Waals surface area contributed by atoms with Gasteiger partial charge in [-0.2, -0.15) is 0 Å². The van der Waals surface area contributed by atoms with E-state index in [-0.39, 0.29) is 30.3 Å². The van der Waals surface area contributed by atoms with Crippen molar-refractivity contribution in [2.75, 3.05) is 19.6 Å². The van der Waals surface area contributed by atoms with Crippen molar-refractivity contribution in [2.24, 2.45) is 5.92 Å². The van der Waals surface area contributed by atoms with E-state index in [1.807, 2.05) is 77.7 Å². The predicted molar refractivity (Wildman–Crippen MR) is 144 cm³/mol. The number of imide groups is 1. The predicted octanol–water partition coefficient (Wildman–Crippen LogP) is 4.64. The SMILES string of the molecule is CC#CCN1C(=O)N[C@](CCc2ccccc2)(C2CCN(C(=O)c3ccc4ccccc4c3)CC2)C1=O. The lowest BCUT2D eigenvalue weighted by atomic mass is 9.74. The largest absolute Gasteiger partial charge is 0.339 e. The van der Waals surface area contributed by atoms with E-state index in [4.69, 9.17) is 0 Å². The smallest absolute Gasteiger partial charge is 0.325 e. The van der Waals surface area contributed by atoms with Crippen LogP contribution >= 0.6 is 0 Å². The van der Waals surface area contributed by atoms with Crippen molar-refractivity contribution in [1.82, 2.24) is 15.1 Å². The Morgan fingerprint density at radius 1 is 0.973 bits per heavy atom. The molecular weight excluding hydrogens is 462 g/mol. The highest BCUT2D eigenvalue weighted by Gasteiger charge is 2.55. The molecule has 2 heterocycles. The van der Waals surface area contributed by atoms with Crippen molar-refractivity contribution < 1.29 is 14.4 Å². The van der Waals surface area contributed by atoms with Gasteiger partial charge in [0, 0.05) is 18.7 Å². The van der Waals surface area contributed by atoms with E-state index in [0.29, 0.717) is 44.3 Å². The van der Waals surface area contributed by atoms with Crippen LogP contribution in [0.1, 0.15) is 42.1 Å². The molecule has 37 heavy (non-hydrogen) atoms. The maximum Gasteiger partial charge on any atom is 0.325 e. The maximum absolute atomic E-state index is 13.7. The highest BCUT2D eigenvalue weighted by atomic mass is 16.2. The van der Waals surface area contributed by atoms with Gasteiger partial charge in [0.25, 0.3) is 11.8 Å². The van der Waals surface area contributed by atoms with E-state index in [2.05, 4.69) is 17.2 Å². The van der Waals surface area contributed by atoms with Gasteiger partial charge in [-0.25, -0.2) is 4.79 Å². The van der Waals surface area contributed by atoms with Gasteiger partial charge in [0.2, 0.25) is 0 Å². The molecule has 3 aromatic carbocycles. The fraction of sp³-hybridized carbons (Fsp3) is 0.323. The molecular formula is C31H31N3O3. The summed E-state index contributed by atoms with van der Waals surface area (Å²) in [5.41, 5.74) is 0.811. The summed E-state index contributed by atoms with van der Waals surface area (Å²) in [5, 5.41) is 5.22. The van der Waals surface area contributed by atoms with Crippen LogP contribution < -0.4 is 5.32 Å². The van der Waals surface area contributed by atoms with Crippen LogP contribution in [-0.4, -0.2) is 52.8 Å². The van der Waals surface area contributed by atoms with E-state index in [0.717, 1.165) is 16.3 Å². The Bertz CT molecular complexity index is 1380. The van der Waals surface area contributed by atoms with Crippen molar-refractivity contribution in [3.63, 3.8) is 0 Å². The summed E-state index contributed by atoms with van der Waals surface area (Å²) < 4.78 is 0. The molecule has 6 heteroatoms. The molecule has 2 aliphatic heterocycles. The minimum absolute atomic E-state index is 0.00386. The van der Waals surface area contributed by atoms with Crippen LogP contribution in [0.3, 0.4) is 0 Å². The first-order valence-electron chi connectivity index (χ1n) is 12.9. The van der Waals surface area contributed by atoms with Crippen LogP contribution in [0.25, 0.3) is 10.8 Å². The number of nitrogens with zero attached hydrogens (tertiary/aromatic N) is 2. The van der Waals surface area contributed by atoms with Crippen molar-refractivity contribution >= 4 is 28.6 Å². The first-order valence-corrected chi connectivity index (χ1v) is 12.9. The average Bonchev–Trinajstić information content (AvgIpc) is 3.19. The number of fused-ring (bicyclic) bond motifs is 1. The van der Waals surface area contributed by atoms with Crippen LogP contribution in [-0.2, 0) is 11.2 Å². The number of hydrogen-bond donors (Lipinski definition) is 1. The van der Waals surface area contributed by atoms with Crippen molar-refractivity contribution in [1.29, 1.82) is 0 Å². The van der Waals surface area contributed by atoms with Gasteiger partial charge in [0.1, 0.15) is 5.54 Å². The van der Waals surface area contributed by atoms with E-state index in [1.165, 1.54) is 4.90 Å². The minimum atomic E-state index is -0.986. The van der Waals surface area contributed by atoms with Crippen molar-refractivity contribution in [3.05, 3.63) is 83.9 Å². The first kappa shape index (κ1) is 24.6. The zero-order valence-corrected chi connectivity index (χ0v) is 21.1. The highest BCUT2D eigenvalue weighted by Crippen LogP contribution is 2.37. The van der Waals surface area contributed by atoms with Gasteiger partial charge < -0.3 is 10.2 Å². The zero-order valence-electron chi connectivity index (χ0n) is 21.1. The number of piperidine rings is 1. The second kappa shape index (κ2) is 10.5. The topological polar surface area (TPSA) is 69.7 Å². The number of rotatable bonds is 6. The summed E-state index contributed by atoms with van der Waals surface area (Å²) >= 11 is 0. The van der Waals surface area contributed by atoms with Crippen LogP contribution in [0.2, 0.25) is 0 Å². The van der Waals surface area contributed by atoms with E-state index in [9.17, 15) is 14.4 Å². The number of likely N-dealkylation sites (tertiary alicyclic amines) is 1. The second-order valence-corrected chi connectivity index (χ2v) is 9.83. The number of urea groups is 1. The lowest BCUT2D eigenvalue weighted by molar-refractivity contribution is -0.133. The third-order valence-corrected chi connectivity index (χ3v) is 7.74. The minimum Gasteiger partial charge on any atom is -0.339 e. The molecule has 0 radical (unpaired) electrons. The second-order valence-electron chi connectivity index (χ2n) is 9.83. The number of aryl methyl sites for hydroxylation is 1. The standard InChI is InChI=1S/C31H31N3O3/c1-2-3-19-34-29(36)31(32-30(34)37,18-15-23-9-5-4-6-10-23)27-16-20-33(21-17-27)28(35)26-14-13-24-11-7-8-12-25(24)22-26/h4-14,22,27H,15-21H2,1H3,(H,32,37)/t31-/m1/s1. The molecule has 3 aromatic rings. The van der Waals surface area contributed by atoms with Crippen LogP contribution in [0, 0.1) is 17.8 Å². The number of benzene rings is 3. The van der Waals surface area contributed by atoms with Gasteiger partial charge in [0.05, 0.1) is 6.54 Å². The normalized spacial score (nSPS) is 20.0. The van der Waals surface area contributed by atoms with Gasteiger partial charge in [-0.05, 0) is 67.0 Å². The van der Waals surface area contributed by atoms with Crippen LogP contribution in [0.5, 0.6) is 0 Å². The summed E-state index contributed by atoms with van der Waals surface area (Å²) in [6.07, 6.45) is 2.48. The maximum atomic E-state index is 13.7. The highest BCUT2D eigenvalue weighted by molar-refractivity contribution is 6.07. The summed E-state index contributed by atoms with van der Waals surface area (Å²) in [5.74, 6) is 5.38. The fourth-order valence-corrected chi connectivity index (χ4v) is 5.66. The molecule has 1 N–H and O–H groups in total. The van der Waals surface area contributed by atoms with Gasteiger partial charge in [-0.3, -0.25) is 14.5 Å². The Balaban J connectivity index is 1.34. The molecule has 0 aliphatic carbocycles. The Hall–Kier alpha value is -4.11. The number of hydrogen-bond acceptors (Lipinski definition) is 3. The first-order chi connectivity index (χ1) is 18.0. The molecule has 5 rings (SSSR count). The lowest BCUT2D eigenvalue weighted by Gasteiger charge is -2.41. The lowest BCUT2D eigenvalue weighted by Crippen LogP contribution is -2.56. The van der Waals surface area contributed by atoms with Gasteiger partial charge in [0.15, 0.2) is 0 Å². The van der Waals surface area contributed by atoms with Crippen molar-refractivity contribution in [2.45, 2.75) is 38.1 Å². The molecule has 2 aliphatic rings. The fourth-order valence-electron chi connectivity index (χ4n) is 5.66. The molecule has 0 saturated carbocycles. The number of nitrogens with one attached hydrogen (secondary N) is 1. The van der Waals surface area contributed by atoms with Crippen LogP contribution in [0.4, 0.5) is 4.79 Å². The molecule has 2 saturated heterocycles. The van der Waals surface area contributed by atoms with Gasteiger partial charge >= 0.3 is 6.03 Å². The molecule has 1 atom stereocenters. The van der Waals surface area contributed by atoms with Crippen molar-refractivity contribution in [3.8, 4) is 11.8 Å². The molecule has 0 bridgehead atoms. The summed E-state index contributed by atoms with van der Waals surface area (Å²) in [4.78, 5) is 43.0. The number of carbonyl (C=O) groups is 3. The Morgan fingerprint density at radius 3 is 2.41 bits per heavy atom. The summed E-state index contributed by atoms with van der Waals surface area (Å²) in [7, 11) is 0. The number of amides is 4. The summed E-state index contributed by atoms with van der Waals surface area (Å²) in [6.45, 7) is 2.87. The average molecular weight is 494 g/mol. The Morgan fingerprint density at radius 2 is 1.68 bits per heavy atom. The van der Waals surface area contributed by atoms with E-state index >= 15 is 0 Å². The molecule has 2 fully saturated rings. The molecule has 0 unspecified atom stereocenters. The third-order valence-electron chi connectivity index (χ3n) is 7.74. The molecule has 188 valence electrons. The molecule has 6 nitrogen and oxygen atoms in total. The van der Waals surface area contributed by atoms with Gasteiger partial charge in [-0.15, -0.1) is 5.92 Å². The van der Waals surface area contributed by atoms with Crippen LogP contribution in [0.15, 0.2) is 72.8 Å². The van der Waals surface area contributed by atoms with E-state index < -0.39 is 5.54 Å². The zero-order chi connectivity index (χ0) is 25.8. The number of carbonyl (C=O) groups excluding carboxylic acids is 3. The van der Waals surface area contributed by atoms with E-state index in [1.54, 1.807) is 6.92 Å². The molecule has 4 amide bonds. The Kier molecular flexibility index (Phi) is 6.96.